The summed E-state index contributed by atoms with van der Waals surface area (Å²) in [6.45, 7) is 0. The monoisotopic (exact) mass is 514 g/mol. The first-order chi connectivity index (χ1) is 19.8. The van der Waals surface area contributed by atoms with Crippen molar-refractivity contribution in [3.8, 4) is 34.4 Å². The van der Waals surface area contributed by atoms with E-state index in [9.17, 15) is 0 Å². The van der Waals surface area contributed by atoms with Crippen LogP contribution in [0.3, 0.4) is 0 Å². The largest absolute Gasteiger partial charge is 0.276 e. The van der Waals surface area contributed by atoms with E-state index >= 15 is 0 Å². The van der Waals surface area contributed by atoms with Gasteiger partial charge in [-0.1, -0.05) is 109 Å². The highest BCUT2D eigenvalue weighted by Crippen LogP contribution is 2.36. The summed E-state index contributed by atoms with van der Waals surface area (Å²) in [5, 5.41) is 8.34. The maximum Gasteiger partial charge on any atom is 0.238 e. The van der Waals surface area contributed by atoms with Gasteiger partial charge in [0.05, 0.1) is 16.7 Å². The van der Waals surface area contributed by atoms with Crippen LogP contribution in [0.4, 0.5) is 0 Å². The predicted octanol–water partition coefficient (Wildman–Crippen LogP) is 7.64. The van der Waals surface area contributed by atoms with E-state index in [1.807, 2.05) is 83.5 Å². The normalized spacial score (nSPS) is 11.5. The zero-order chi connectivity index (χ0) is 26.5. The molecule has 5 aromatic carbocycles. The van der Waals surface area contributed by atoms with Gasteiger partial charge in [0.25, 0.3) is 0 Å². The third kappa shape index (κ3) is 3.58. The SMILES string of the molecule is c1ccc(-c2nc(-c3ccccc3)nc(-n3c4ccccc4c4ccc5cn(-c6ccccc6)nc5c43)n2)cc1. The zero-order valence-electron chi connectivity index (χ0n) is 21.4. The molecule has 0 aliphatic heterocycles. The number of benzene rings is 5. The van der Waals surface area contributed by atoms with Crippen LogP contribution >= 0.6 is 0 Å². The molecule has 0 aliphatic carbocycles. The van der Waals surface area contributed by atoms with Crippen molar-refractivity contribution in [2.75, 3.05) is 0 Å². The molecule has 0 atom stereocenters. The second-order valence-corrected chi connectivity index (χ2v) is 9.68. The summed E-state index contributed by atoms with van der Waals surface area (Å²) < 4.78 is 4.07. The average molecular weight is 515 g/mol. The molecule has 0 amide bonds. The molecule has 8 rings (SSSR count). The van der Waals surface area contributed by atoms with E-state index in [-0.39, 0.29) is 0 Å². The van der Waals surface area contributed by atoms with Gasteiger partial charge in [-0.15, -0.1) is 0 Å². The second kappa shape index (κ2) is 8.99. The van der Waals surface area contributed by atoms with E-state index in [2.05, 4.69) is 59.3 Å². The minimum absolute atomic E-state index is 0.556. The molecule has 0 bridgehead atoms. The Bertz CT molecular complexity index is 2090. The van der Waals surface area contributed by atoms with Crippen LogP contribution in [0, 0.1) is 0 Å². The predicted molar refractivity (Wildman–Crippen MR) is 160 cm³/mol. The van der Waals surface area contributed by atoms with Gasteiger partial charge in [-0.2, -0.15) is 15.1 Å². The molecule has 3 aromatic heterocycles. The topological polar surface area (TPSA) is 61.4 Å². The van der Waals surface area contributed by atoms with Crippen molar-refractivity contribution in [1.29, 1.82) is 0 Å². The first-order valence-corrected chi connectivity index (χ1v) is 13.2. The highest BCUT2D eigenvalue weighted by molar-refractivity contribution is 6.17. The van der Waals surface area contributed by atoms with Gasteiger partial charge < -0.3 is 0 Å². The van der Waals surface area contributed by atoms with Crippen molar-refractivity contribution in [3.05, 3.63) is 134 Å². The van der Waals surface area contributed by atoms with Crippen LogP contribution in [0.25, 0.3) is 67.1 Å². The van der Waals surface area contributed by atoms with Crippen LogP contribution in [-0.2, 0) is 0 Å². The van der Waals surface area contributed by atoms with Crippen LogP contribution in [0.5, 0.6) is 0 Å². The fourth-order valence-corrected chi connectivity index (χ4v) is 5.35. The van der Waals surface area contributed by atoms with Crippen LogP contribution in [0.2, 0.25) is 0 Å². The van der Waals surface area contributed by atoms with Crippen molar-refractivity contribution in [1.82, 2.24) is 29.3 Å². The summed E-state index contributed by atoms with van der Waals surface area (Å²) in [5.41, 5.74) is 5.75. The van der Waals surface area contributed by atoms with Crippen LogP contribution < -0.4 is 0 Å². The quantitative estimate of drug-likeness (QED) is 0.242. The van der Waals surface area contributed by atoms with E-state index in [1.54, 1.807) is 0 Å². The summed E-state index contributed by atoms with van der Waals surface area (Å²) in [6, 6.07) is 43.0. The van der Waals surface area contributed by atoms with Gasteiger partial charge in [0, 0.05) is 33.5 Å². The number of nitrogens with zero attached hydrogens (tertiary/aromatic N) is 6. The molecular formula is C34H22N6. The van der Waals surface area contributed by atoms with Gasteiger partial charge >= 0.3 is 0 Å². The maximum atomic E-state index is 5.08. The Balaban J connectivity index is 1.47. The molecule has 6 nitrogen and oxygen atoms in total. The third-order valence-electron chi connectivity index (χ3n) is 7.22. The van der Waals surface area contributed by atoms with Crippen LogP contribution in [0.15, 0.2) is 134 Å². The average Bonchev–Trinajstić information content (AvgIpc) is 3.62. The minimum Gasteiger partial charge on any atom is -0.276 e. The first-order valence-electron chi connectivity index (χ1n) is 13.2. The molecule has 0 radical (unpaired) electrons. The molecule has 0 spiro atoms. The molecule has 188 valence electrons. The van der Waals surface area contributed by atoms with Crippen molar-refractivity contribution in [3.63, 3.8) is 0 Å². The Morgan fingerprint density at radius 1 is 0.500 bits per heavy atom. The standard InChI is InChI=1S/C34H22N6/c1-4-12-23(13-5-1)32-35-33(24-14-6-2-7-15-24)37-34(36-32)40-29-19-11-10-18-27(29)28-21-20-25-22-39(38-30(25)31(28)40)26-16-8-3-9-17-26/h1-22H. The Labute approximate surface area is 229 Å². The highest BCUT2D eigenvalue weighted by Gasteiger charge is 2.20. The fraction of sp³-hybridized carbons (Fsp3) is 0. The summed E-state index contributed by atoms with van der Waals surface area (Å²) in [4.78, 5) is 15.0. The summed E-state index contributed by atoms with van der Waals surface area (Å²) in [6.07, 6.45) is 2.07. The number of hydrogen-bond donors (Lipinski definition) is 0. The smallest absolute Gasteiger partial charge is 0.238 e. The van der Waals surface area contributed by atoms with Gasteiger partial charge in [0.15, 0.2) is 11.6 Å². The lowest BCUT2D eigenvalue weighted by molar-refractivity contribution is 0.895. The molecule has 6 heteroatoms. The molecule has 8 aromatic rings. The fourth-order valence-electron chi connectivity index (χ4n) is 5.35. The lowest BCUT2D eigenvalue weighted by Crippen LogP contribution is -2.06. The Hall–Kier alpha value is -5.62. The highest BCUT2D eigenvalue weighted by atomic mass is 15.3. The molecule has 3 heterocycles. The Morgan fingerprint density at radius 2 is 1.10 bits per heavy atom. The Morgan fingerprint density at radius 3 is 1.77 bits per heavy atom. The van der Waals surface area contributed by atoms with Crippen molar-refractivity contribution in [2.45, 2.75) is 0 Å². The van der Waals surface area contributed by atoms with Gasteiger partial charge in [0.1, 0.15) is 5.52 Å². The third-order valence-corrected chi connectivity index (χ3v) is 7.22. The molecule has 0 fully saturated rings. The zero-order valence-corrected chi connectivity index (χ0v) is 21.4. The summed E-state index contributed by atoms with van der Waals surface area (Å²) in [7, 11) is 0. The Kier molecular flexibility index (Phi) is 5.03. The number of fused-ring (bicyclic) bond motifs is 5. The van der Waals surface area contributed by atoms with Crippen LogP contribution in [0.1, 0.15) is 0 Å². The number of para-hydroxylation sites is 2. The molecule has 0 aliphatic rings. The molecular weight excluding hydrogens is 492 g/mol. The van der Waals surface area contributed by atoms with E-state index < -0.39 is 0 Å². The minimum atomic E-state index is 0.556. The van der Waals surface area contributed by atoms with Crippen molar-refractivity contribution in [2.24, 2.45) is 0 Å². The van der Waals surface area contributed by atoms with Crippen LogP contribution in [-0.4, -0.2) is 29.3 Å². The molecule has 0 unspecified atom stereocenters. The van der Waals surface area contributed by atoms with Gasteiger partial charge in [-0.25, -0.2) is 9.67 Å². The van der Waals surface area contributed by atoms with Crippen molar-refractivity contribution < 1.29 is 0 Å². The van der Waals surface area contributed by atoms with Gasteiger partial charge in [-0.05, 0) is 18.2 Å². The summed E-state index contributed by atoms with van der Waals surface area (Å²) >= 11 is 0. The van der Waals surface area contributed by atoms with E-state index in [0.717, 1.165) is 49.5 Å². The lowest BCUT2D eigenvalue weighted by atomic mass is 10.1. The first kappa shape index (κ1) is 22.4. The number of rotatable bonds is 4. The van der Waals surface area contributed by atoms with Gasteiger partial charge in [0.2, 0.25) is 5.95 Å². The van der Waals surface area contributed by atoms with Gasteiger partial charge in [-0.3, -0.25) is 4.57 Å². The molecule has 0 saturated carbocycles. The maximum absolute atomic E-state index is 5.08. The van der Waals surface area contributed by atoms with E-state index in [1.165, 1.54) is 0 Å². The molecule has 0 N–H and O–H groups in total. The number of hydrogen-bond acceptors (Lipinski definition) is 4. The number of aromatic nitrogens is 6. The van der Waals surface area contributed by atoms with E-state index in [4.69, 9.17) is 20.1 Å². The molecule has 0 saturated heterocycles. The molecule has 40 heavy (non-hydrogen) atoms. The lowest BCUT2D eigenvalue weighted by Gasteiger charge is -2.11. The van der Waals surface area contributed by atoms with E-state index in [0.29, 0.717) is 17.6 Å². The van der Waals surface area contributed by atoms with Crippen molar-refractivity contribution >= 4 is 32.7 Å². The summed E-state index contributed by atoms with van der Waals surface area (Å²) in [5.74, 6) is 1.80. The second-order valence-electron chi connectivity index (χ2n) is 9.68.